The fourth-order valence-electron chi connectivity index (χ4n) is 2.40. The molecule has 0 radical (unpaired) electrons. The van der Waals surface area contributed by atoms with Crippen LogP contribution in [0.2, 0.25) is 15.1 Å². The van der Waals surface area contributed by atoms with Crippen LogP contribution in [0.25, 0.3) is 0 Å². The molecule has 0 fully saturated rings. The quantitative estimate of drug-likeness (QED) is 0.737. The van der Waals surface area contributed by atoms with Crippen LogP contribution in [0.4, 0.5) is 11.4 Å². The molecule has 0 saturated carbocycles. The van der Waals surface area contributed by atoms with Gasteiger partial charge in [-0.15, -0.1) is 0 Å². The van der Waals surface area contributed by atoms with E-state index in [1.165, 1.54) is 31.2 Å². The number of carbonyl (C=O) groups excluding carboxylic acids is 1. The predicted molar refractivity (Wildman–Crippen MR) is 108 cm³/mol. The number of hydrogen-bond acceptors (Lipinski definition) is 3. The van der Waals surface area contributed by atoms with Crippen molar-refractivity contribution in [2.24, 2.45) is 0 Å². The fourth-order valence-corrected chi connectivity index (χ4v) is 4.27. The molecular formula is C17H17Cl3N2O3S. The normalized spacial score (nSPS) is 12.5. The summed E-state index contributed by atoms with van der Waals surface area (Å²) in [4.78, 5) is 12.6. The van der Waals surface area contributed by atoms with E-state index in [1.54, 1.807) is 19.1 Å². The van der Waals surface area contributed by atoms with Crippen LogP contribution in [-0.2, 0) is 14.8 Å². The predicted octanol–water partition coefficient (Wildman–Crippen LogP) is 4.75. The van der Waals surface area contributed by atoms with E-state index in [0.717, 1.165) is 16.1 Å². The van der Waals surface area contributed by atoms with E-state index >= 15 is 0 Å². The van der Waals surface area contributed by atoms with Crippen molar-refractivity contribution in [3.63, 3.8) is 0 Å². The van der Waals surface area contributed by atoms with E-state index in [9.17, 15) is 13.2 Å². The Labute approximate surface area is 167 Å². The maximum absolute atomic E-state index is 12.6. The maximum atomic E-state index is 12.6. The van der Waals surface area contributed by atoms with Crippen molar-refractivity contribution in [1.82, 2.24) is 0 Å². The molecule has 140 valence electrons. The van der Waals surface area contributed by atoms with Gasteiger partial charge in [0.25, 0.3) is 0 Å². The van der Waals surface area contributed by atoms with Gasteiger partial charge in [-0.2, -0.15) is 0 Å². The minimum atomic E-state index is -3.74. The molecule has 0 aliphatic heterocycles. The summed E-state index contributed by atoms with van der Waals surface area (Å²) in [5.41, 5.74) is 1.47. The van der Waals surface area contributed by atoms with Crippen molar-refractivity contribution >= 4 is 62.1 Å². The number of nitrogens with one attached hydrogen (secondary N) is 1. The third-order valence-electron chi connectivity index (χ3n) is 3.63. The molecule has 0 spiro atoms. The van der Waals surface area contributed by atoms with Gasteiger partial charge >= 0.3 is 0 Å². The summed E-state index contributed by atoms with van der Waals surface area (Å²) >= 11 is 17.9. The van der Waals surface area contributed by atoms with Gasteiger partial charge in [-0.05, 0) is 49.7 Å². The van der Waals surface area contributed by atoms with Gasteiger partial charge in [0.2, 0.25) is 15.9 Å². The zero-order valence-corrected chi connectivity index (χ0v) is 17.3. The smallest absolute Gasteiger partial charge is 0.247 e. The van der Waals surface area contributed by atoms with E-state index in [2.05, 4.69) is 5.32 Å². The van der Waals surface area contributed by atoms with Gasteiger partial charge in [-0.25, -0.2) is 8.42 Å². The van der Waals surface area contributed by atoms with Crippen LogP contribution in [0.3, 0.4) is 0 Å². The van der Waals surface area contributed by atoms with Crippen LogP contribution in [0.5, 0.6) is 0 Å². The first-order valence-electron chi connectivity index (χ1n) is 7.51. The van der Waals surface area contributed by atoms with E-state index in [0.29, 0.717) is 26.4 Å². The lowest BCUT2D eigenvalue weighted by atomic mass is 10.2. The van der Waals surface area contributed by atoms with Crippen LogP contribution in [0.1, 0.15) is 12.5 Å². The largest absolute Gasteiger partial charge is 0.324 e. The van der Waals surface area contributed by atoms with E-state index in [-0.39, 0.29) is 0 Å². The number of benzene rings is 2. The van der Waals surface area contributed by atoms with Crippen molar-refractivity contribution in [3.05, 3.63) is 57.0 Å². The highest BCUT2D eigenvalue weighted by molar-refractivity contribution is 7.92. The number of hydrogen-bond donors (Lipinski definition) is 1. The Bertz CT molecular complexity index is 928. The highest BCUT2D eigenvalue weighted by atomic mass is 35.5. The second-order valence-electron chi connectivity index (χ2n) is 5.82. The molecule has 2 rings (SSSR count). The number of anilines is 2. The minimum Gasteiger partial charge on any atom is -0.324 e. The lowest BCUT2D eigenvalue weighted by Crippen LogP contribution is -2.45. The summed E-state index contributed by atoms with van der Waals surface area (Å²) in [6.45, 7) is 3.28. The van der Waals surface area contributed by atoms with Gasteiger partial charge in [0.05, 0.1) is 11.9 Å². The monoisotopic (exact) mass is 434 g/mol. The zero-order valence-electron chi connectivity index (χ0n) is 14.3. The van der Waals surface area contributed by atoms with Crippen molar-refractivity contribution in [2.75, 3.05) is 15.9 Å². The molecule has 1 atom stereocenters. The number of aryl methyl sites for hydroxylation is 1. The molecule has 0 heterocycles. The molecule has 1 N–H and O–H groups in total. The number of rotatable bonds is 5. The van der Waals surface area contributed by atoms with Crippen LogP contribution < -0.4 is 9.62 Å². The average molecular weight is 436 g/mol. The molecular weight excluding hydrogens is 419 g/mol. The molecule has 2 aromatic rings. The molecule has 9 heteroatoms. The van der Waals surface area contributed by atoms with Crippen molar-refractivity contribution in [3.8, 4) is 0 Å². The Hall–Kier alpha value is -1.47. The summed E-state index contributed by atoms with van der Waals surface area (Å²) in [7, 11) is -3.74. The number of amides is 1. The lowest BCUT2D eigenvalue weighted by Gasteiger charge is -2.28. The molecule has 0 aliphatic carbocycles. The van der Waals surface area contributed by atoms with Gasteiger partial charge in [-0.3, -0.25) is 9.10 Å². The standard InChI is InChI=1S/C17H17Cl3N2O3S/c1-10-4-5-15(9-16(10)20)22(26(3,24)25)11(2)17(23)21-14-7-12(18)6-13(19)8-14/h4-9,11H,1-3H3,(H,21,23). The van der Waals surface area contributed by atoms with Crippen LogP contribution >= 0.6 is 34.8 Å². The second kappa shape index (κ2) is 8.05. The lowest BCUT2D eigenvalue weighted by molar-refractivity contribution is -0.116. The topological polar surface area (TPSA) is 66.5 Å². The SMILES string of the molecule is Cc1ccc(N(C(C)C(=O)Nc2cc(Cl)cc(Cl)c2)S(C)(=O)=O)cc1Cl. The van der Waals surface area contributed by atoms with Gasteiger partial charge in [0, 0.05) is 20.8 Å². The molecule has 0 bridgehead atoms. The second-order valence-corrected chi connectivity index (χ2v) is 8.96. The zero-order chi connectivity index (χ0) is 19.6. The molecule has 0 saturated heterocycles. The van der Waals surface area contributed by atoms with E-state index in [1.807, 2.05) is 0 Å². The van der Waals surface area contributed by atoms with Crippen molar-refractivity contribution in [2.45, 2.75) is 19.9 Å². The van der Waals surface area contributed by atoms with Gasteiger partial charge < -0.3 is 5.32 Å². The molecule has 0 aromatic heterocycles. The summed E-state index contributed by atoms with van der Waals surface area (Å²) < 4.78 is 25.6. The summed E-state index contributed by atoms with van der Waals surface area (Å²) in [5, 5.41) is 3.74. The van der Waals surface area contributed by atoms with E-state index < -0.39 is 22.0 Å². The third kappa shape index (κ3) is 5.04. The maximum Gasteiger partial charge on any atom is 0.247 e. The van der Waals surface area contributed by atoms with Crippen molar-refractivity contribution in [1.29, 1.82) is 0 Å². The molecule has 1 unspecified atom stereocenters. The molecule has 1 amide bonds. The fraction of sp³-hybridized carbons (Fsp3) is 0.235. The number of nitrogens with zero attached hydrogens (tertiary/aromatic N) is 1. The minimum absolute atomic E-state index is 0.301. The average Bonchev–Trinajstić information content (AvgIpc) is 2.48. The van der Waals surface area contributed by atoms with E-state index in [4.69, 9.17) is 34.8 Å². The summed E-state index contributed by atoms with van der Waals surface area (Å²) in [6.07, 6.45) is 1.03. The summed E-state index contributed by atoms with van der Waals surface area (Å²) in [6, 6.07) is 8.34. The first-order valence-corrected chi connectivity index (χ1v) is 10.5. The van der Waals surface area contributed by atoms with Gasteiger partial charge in [0.15, 0.2) is 0 Å². The molecule has 0 aliphatic rings. The Morgan fingerprint density at radius 3 is 2.15 bits per heavy atom. The van der Waals surface area contributed by atoms with Crippen molar-refractivity contribution < 1.29 is 13.2 Å². The Morgan fingerprint density at radius 1 is 1.08 bits per heavy atom. The van der Waals surface area contributed by atoms with Gasteiger partial charge in [0.1, 0.15) is 6.04 Å². The summed E-state index contributed by atoms with van der Waals surface area (Å²) in [5.74, 6) is -0.537. The highest BCUT2D eigenvalue weighted by Gasteiger charge is 2.29. The highest BCUT2D eigenvalue weighted by Crippen LogP contribution is 2.28. The molecule has 2 aromatic carbocycles. The Morgan fingerprint density at radius 2 is 1.65 bits per heavy atom. The third-order valence-corrected chi connectivity index (χ3v) is 5.71. The molecule has 5 nitrogen and oxygen atoms in total. The number of sulfonamides is 1. The molecule has 26 heavy (non-hydrogen) atoms. The first kappa shape index (κ1) is 20.8. The van der Waals surface area contributed by atoms with Crippen LogP contribution in [-0.4, -0.2) is 26.6 Å². The number of halogens is 3. The van der Waals surface area contributed by atoms with Crippen LogP contribution in [0.15, 0.2) is 36.4 Å². The number of carbonyl (C=O) groups is 1. The van der Waals surface area contributed by atoms with Crippen LogP contribution in [0, 0.1) is 6.92 Å². The Balaban J connectivity index is 2.35. The van der Waals surface area contributed by atoms with Gasteiger partial charge in [-0.1, -0.05) is 40.9 Å². The Kier molecular flexibility index (Phi) is 6.45. The first-order chi connectivity index (χ1) is 12.0.